The van der Waals surface area contributed by atoms with Gasteiger partial charge in [0.15, 0.2) is 0 Å². The zero-order valence-electron chi connectivity index (χ0n) is 10.8. The molecule has 0 fully saturated rings. The Kier molecular flexibility index (Phi) is 3.82. The van der Waals surface area contributed by atoms with E-state index in [0.29, 0.717) is 6.42 Å². The summed E-state index contributed by atoms with van der Waals surface area (Å²) in [6.07, 6.45) is 4.96. The summed E-state index contributed by atoms with van der Waals surface area (Å²) in [5.41, 5.74) is 3.76. The van der Waals surface area contributed by atoms with Gasteiger partial charge in [0, 0.05) is 18.7 Å². The zero-order valence-corrected chi connectivity index (χ0v) is 10.8. The van der Waals surface area contributed by atoms with Crippen LogP contribution in [0.4, 0.5) is 5.69 Å². The van der Waals surface area contributed by atoms with Crippen LogP contribution in [-0.2, 0) is 11.2 Å². The molecule has 0 spiro atoms. The molecule has 2 nitrogen and oxygen atoms in total. The minimum absolute atomic E-state index is 0.289. The number of carbonyl (C=O) groups is 1. The SMILES string of the molecule is CCCCC(=O)N1CCCc2cc(C)ccc21. The van der Waals surface area contributed by atoms with Gasteiger partial charge in [0.25, 0.3) is 0 Å². The summed E-state index contributed by atoms with van der Waals surface area (Å²) in [4.78, 5) is 14.1. The van der Waals surface area contributed by atoms with E-state index in [9.17, 15) is 4.79 Å². The van der Waals surface area contributed by atoms with Crippen LogP contribution < -0.4 is 4.90 Å². The first-order chi connectivity index (χ1) is 8.22. The van der Waals surface area contributed by atoms with Crippen LogP contribution >= 0.6 is 0 Å². The van der Waals surface area contributed by atoms with Gasteiger partial charge >= 0.3 is 0 Å². The molecule has 1 aromatic carbocycles. The Labute approximate surface area is 104 Å². The molecule has 0 radical (unpaired) electrons. The van der Waals surface area contributed by atoms with E-state index in [0.717, 1.165) is 37.9 Å². The molecule has 1 heterocycles. The summed E-state index contributed by atoms with van der Waals surface area (Å²) >= 11 is 0. The first-order valence-electron chi connectivity index (χ1n) is 6.62. The lowest BCUT2D eigenvalue weighted by Gasteiger charge is -2.30. The Balaban J connectivity index is 2.19. The van der Waals surface area contributed by atoms with Crippen LogP contribution in [0, 0.1) is 6.92 Å². The van der Waals surface area contributed by atoms with Gasteiger partial charge in [-0.1, -0.05) is 31.0 Å². The van der Waals surface area contributed by atoms with Crippen molar-refractivity contribution in [2.75, 3.05) is 11.4 Å². The summed E-state index contributed by atoms with van der Waals surface area (Å²) in [6.45, 7) is 5.12. The van der Waals surface area contributed by atoms with Crippen LogP contribution in [0.5, 0.6) is 0 Å². The number of nitrogens with zero attached hydrogens (tertiary/aromatic N) is 1. The highest BCUT2D eigenvalue weighted by atomic mass is 16.2. The van der Waals surface area contributed by atoms with Gasteiger partial charge in [0.2, 0.25) is 5.91 Å². The molecule has 0 bridgehead atoms. The van der Waals surface area contributed by atoms with Gasteiger partial charge in [-0.3, -0.25) is 4.79 Å². The second-order valence-electron chi connectivity index (χ2n) is 4.88. The normalized spacial score (nSPS) is 14.6. The van der Waals surface area contributed by atoms with Crippen molar-refractivity contribution in [2.45, 2.75) is 46.0 Å². The number of unbranched alkanes of at least 4 members (excludes halogenated alkanes) is 1. The smallest absolute Gasteiger partial charge is 0.226 e. The number of rotatable bonds is 3. The summed E-state index contributed by atoms with van der Waals surface area (Å²) in [5.74, 6) is 0.289. The number of fused-ring (bicyclic) bond motifs is 1. The summed E-state index contributed by atoms with van der Waals surface area (Å²) < 4.78 is 0. The highest BCUT2D eigenvalue weighted by Crippen LogP contribution is 2.28. The molecule has 1 aromatic rings. The van der Waals surface area contributed by atoms with Crippen molar-refractivity contribution in [1.29, 1.82) is 0 Å². The second kappa shape index (κ2) is 5.35. The first kappa shape index (κ1) is 12.2. The molecule has 0 saturated heterocycles. The Bertz CT molecular complexity index is 411. The van der Waals surface area contributed by atoms with Crippen molar-refractivity contribution in [2.24, 2.45) is 0 Å². The average molecular weight is 231 g/mol. The molecule has 1 aliphatic heterocycles. The first-order valence-corrected chi connectivity index (χ1v) is 6.62. The number of aryl methyl sites for hydroxylation is 2. The molecule has 2 heteroatoms. The topological polar surface area (TPSA) is 20.3 Å². The maximum atomic E-state index is 12.1. The van der Waals surface area contributed by atoms with Crippen molar-refractivity contribution >= 4 is 11.6 Å². The van der Waals surface area contributed by atoms with E-state index in [1.54, 1.807) is 0 Å². The molecule has 92 valence electrons. The highest BCUT2D eigenvalue weighted by molar-refractivity contribution is 5.94. The summed E-state index contributed by atoms with van der Waals surface area (Å²) in [6, 6.07) is 6.42. The molecule has 17 heavy (non-hydrogen) atoms. The molecule has 0 N–H and O–H groups in total. The van der Waals surface area contributed by atoms with Crippen LogP contribution in [0.25, 0.3) is 0 Å². The number of hydrogen-bond acceptors (Lipinski definition) is 1. The van der Waals surface area contributed by atoms with E-state index >= 15 is 0 Å². The lowest BCUT2D eigenvalue weighted by molar-refractivity contribution is -0.118. The minimum atomic E-state index is 0.289. The summed E-state index contributed by atoms with van der Waals surface area (Å²) in [7, 11) is 0. The van der Waals surface area contributed by atoms with Crippen LogP contribution in [-0.4, -0.2) is 12.5 Å². The van der Waals surface area contributed by atoms with Gasteiger partial charge < -0.3 is 4.90 Å². The van der Waals surface area contributed by atoms with Gasteiger partial charge in [-0.2, -0.15) is 0 Å². The Morgan fingerprint density at radius 3 is 3.00 bits per heavy atom. The predicted octanol–water partition coefficient (Wildman–Crippen LogP) is 3.46. The van der Waals surface area contributed by atoms with Gasteiger partial charge in [0.05, 0.1) is 0 Å². The van der Waals surface area contributed by atoms with Crippen LogP contribution in [0.1, 0.15) is 43.7 Å². The molecule has 0 atom stereocenters. The Morgan fingerprint density at radius 1 is 1.41 bits per heavy atom. The van der Waals surface area contributed by atoms with E-state index in [1.165, 1.54) is 11.1 Å². The number of amides is 1. The maximum absolute atomic E-state index is 12.1. The molecule has 0 saturated carbocycles. The monoisotopic (exact) mass is 231 g/mol. The zero-order chi connectivity index (χ0) is 12.3. The van der Waals surface area contributed by atoms with E-state index in [1.807, 2.05) is 4.90 Å². The molecule has 1 aliphatic rings. The molecule has 0 aliphatic carbocycles. The molecule has 1 amide bonds. The molecular formula is C15H21NO. The maximum Gasteiger partial charge on any atom is 0.226 e. The standard InChI is InChI=1S/C15H21NO/c1-3-4-7-15(17)16-10-5-6-13-11-12(2)8-9-14(13)16/h8-9,11H,3-7,10H2,1-2H3. The Hall–Kier alpha value is -1.31. The van der Waals surface area contributed by atoms with Gasteiger partial charge in [-0.15, -0.1) is 0 Å². The van der Waals surface area contributed by atoms with Gasteiger partial charge in [0.1, 0.15) is 0 Å². The average Bonchev–Trinajstić information content (AvgIpc) is 2.34. The lowest BCUT2D eigenvalue weighted by Crippen LogP contribution is -2.35. The van der Waals surface area contributed by atoms with Crippen molar-refractivity contribution in [3.8, 4) is 0 Å². The number of anilines is 1. The molecule has 2 rings (SSSR count). The number of hydrogen-bond donors (Lipinski definition) is 0. The summed E-state index contributed by atoms with van der Waals surface area (Å²) in [5, 5.41) is 0. The fraction of sp³-hybridized carbons (Fsp3) is 0.533. The quantitative estimate of drug-likeness (QED) is 0.780. The van der Waals surface area contributed by atoms with Crippen molar-refractivity contribution in [1.82, 2.24) is 0 Å². The van der Waals surface area contributed by atoms with Crippen LogP contribution in [0.15, 0.2) is 18.2 Å². The fourth-order valence-electron chi connectivity index (χ4n) is 2.45. The van der Waals surface area contributed by atoms with Crippen LogP contribution in [0.2, 0.25) is 0 Å². The largest absolute Gasteiger partial charge is 0.312 e. The van der Waals surface area contributed by atoms with E-state index < -0.39 is 0 Å². The third-order valence-electron chi connectivity index (χ3n) is 3.40. The number of benzene rings is 1. The van der Waals surface area contributed by atoms with E-state index in [4.69, 9.17) is 0 Å². The molecular weight excluding hydrogens is 210 g/mol. The van der Waals surface area contributed by atoms with E-state index in [2.05, 4.69) is 32.0 Å². The lowest BCUT2D eigenvalue weighted by atomic mass is 9.99. The van der Waals surface area contributed by atoms with Gasteiger partial charge in [-0.25, -0.2) is 0 Å². The third-order valence-corrected chi connectivity index (χ3v) is 3.40. The predicted molar refractivity (Wildman–Crippen MR) is 71.4 cm³/mol. The molecule has 0 unspecified atom stereocenters. The third kappa shape index (κ3) is 2.68. The van der Waals surface area contributed by atoms with Crippen molar-refractivity contribution in [3.05, 3.63) is 29.3 Å². The van der Waals surface area contributed by atoms with Crippen LogP contribution in [0.3, 0.4) is 0 Å². The number of carbonyl (C=O) groups excluding carboxylic acids is 1. The van der Waals surface area contributed by atoms with Crippen molar-refractivity contribution in [3.63, 3.8) is 0 Å². The molecule has 0 aromatic heterocycles. The van der Waals surface area contributed by atoms with Gasteiger partial charge in [-0.05, 0) is 37.8 Å². The van der Waals surface area contributed by atoms with E-state index in [-0.39, 0.29) is 5.91 Å². The minimum Gasteiger partial charge on any atom is -0.312 e. The fourth-order valence-corrected chi connectivity index (χ4v) is 2.45. The highest BCUT2D eigenvalue weighted by Gasteiger charge is 2.21. The van der Waals surface area contributed by atoms with Crippen molar-refractivity contribution < 1.29 is 4.79 Å². The second-order valence-corrected chi connectivity index (χ2v) is 4.88. The Morgan fingerprint density at radius 2 is 2.24 bits per heavy atom.